The number of alkyl carbamates (subject to hydrolysis) is 1. The first-order valence-electron chi connectivity index (χ1n) is 9.33. The van der Waals surface area contributed by atoms with Crippen LogP contribution in [0, 0.1) is 5.92 Å². The van der Waals surface area contributed by atoms with Crippen LogP contribution in [0.2, 0.25) is 0 Å². The van der Waals surface area contributed by atoms with Gasteiger partial charge in [-0.05, 0) is 71.8 Å². The average Bonchev–Trinajstić information content (AvgIpc) is 2.48. The molecule has 1 amide bonds. The summed E-state index contributed by atoms with van der Waals surface area (Å²) >= 11 is 0. The second-order valence-corrected chi connectivity index (χ2v) is 8.25. The van der Waals surface area contributed by atoms with Crippen LogP contribution in [0.4, 0.5) is 4.79 Å². The number of ether oxygens (including phenoxy) is 1. The monoisotopic (exact) mass is 325 g/mol. The van der Waals surface area contributed by atoms with Crippen molar-refractivity contribution in [2.45, 2.75) is 95.9 Å². The maximum absolute atomic E-state index is 11.8. The smallest absolute Gasteiger partial charge is 0.407 e. The molecule has 2 rings (SSSR count). The molecule has 0 heterocycles. The van der Waals surface area contributed by atoms with Crippen LogP contribution in [-0.2, 0) is 4.74 Å². The Hall–Kier alpha value is -0.810. The molecular weight excluding hydrogens is 290 g/mol. The second-order valence-electron chi connectivity index (χ2n) is 8.25. The normalized spacial score (nSPS) is 32.3. The van der Waals surface area contributed by atoms with Crippen LogP contribution < -0.4 is 16.4 Å². The van der Waals surface area contributed by atoms with Gasteiger partial charge in [0.2, 0.25) is 0 Å². The predicted molar refractivity (Wildman–Crippen MR) is 93.3 cm³/mol. The Bertz CT molecular complexity index is 373. The summed E-state index contributed by atoms with van der Waals surface area (Å²) < 4.78 is 5.34. The summed E-state index contributed by atoms with van der Waals surface area (Å²) in [5.41, 5.74) is 5.50. The lowest BCUT2D eigenvalue weighted by Crippen LogP contribution is -2.49. The van der Waals surface area contributed by atoms with Gasteiger partial charge in [-0.1, -0.05) is 12.8 Å². The minimum Gasteiger partial charge on any atom is -0.444 e. The van der Waals surface area contributed by atoms with Crippen LogP contribution in [0.3, 0.4) is 0 Å². The maximum Gasteiger partial charge on any atom is 0.407 e. The predicted octanol–water partition coefficient (Wildman–Crippen LogP) is 2.93. The molecule has 2 aliphatic carbocycles. The Labute approximate surface area is 141 Å². The molecule has 0 aromatic heterocycles. The zero-order valence-corrected chi connectivity index (χ0v) is 15.1. The number of nitrogens with one attached hydrogen (secondary N) is 2. The van der Waals surface area contributed by atoms with Gasteiger partial charge in [0.1, 0.15) is 5.60 Å². The quantitative estimate of drug-likeness (QED) is 0.743. The standard InChI is InChI=1S/C18H35N3O2/c1-18(2,3)23-17(22)21-15-10-8-14(9-11-15)20-16-7-5-4-6-13(16)12-19/h13-16,20H,4-12,19H2,1-3H3,(H,21,22). The zero-order chi connectivity index (χ0) is 16.9. The summed E-state index contributed by atoms with van der Waals surface area (Å²) in [6.45, 7) is 6.48. The summed E-state index contributed by atoms with van der Waals surface area (Å²) in [4.78, 5) is 11.8. The minimum atomic E-state index is -0.430. The summed E-state index contributed by atoms with van der Waals surface area (Å²) in [5.74, 6) is 0.640. The minimum absolute atomic E-state index is 0.250. The maximum atomic E-state index is 11.8. The molecule has 2 aliphatic rings. The molecule has 4 N–H and O–H groups in total. The fourth-order valence-electron chi connectivity index (χ4n) is 3.89. The Morgan fingerprint density at radius 1 is 1.04 bits per heavy atom. The van der Waals surface area contributed by atoms with Crippen molar-refractivity contribution in [3.05, 3.63) is 0 Å². The molecule has 2 fully saturated rings. The van der Waals surface area contributed by atoms with Gasteiger partial charge in [-0.15, -0.1) is 0 Å². The van der Waals surface area contributed by atoms with Crippen LogP contribution in [0.25, 0.3) is 0 Å². The first-order chi connectivity index (χ1) is 10.9. The molecule has 0 aromatic rings. The van der Waals surface area contributed by atoms with Crippen LogP contribution in [0.15, 0.2) is 0 Å². The summed E-state index contributed by atoms with van der Waals surface area (Å²) in [6, 6.07) is 1.41. The van der Waals surface area contributed by atoms with Crippen molar-refractivity contribution in [3.8, 4) is 0 Å². The van der Waals surface area contributed by atoms with Gasteiger partial charge in [0, 0.05) is 18.1 Å². The highest BCUT2D eigenvalue weighted by atomic mass is 16.6. The molecule has 0 saturated heterocycles. The van der Waals surface area contributed by atoms with Gasteiger partial charge in [0.05, 0.1) is 0 Å². The molecule has 0 aliphatic heterocycles. The van der Waals surface area contributed by atoms with E-state index in [1.807, 2.05) is 20.8 Å². The second kappa shape index (κ2) is 8.34. The van der Waals surface area contributed by atoms with Crippen molar-refractivity contribution >= 4 is 6.09 Å². The molecule has 134 valence electrons. The van der Waals surface area contributed by atoms with E-state index in [-0.39, 0.29) is 12.1 Å². The van der Waals surface area contributed by atoms with Crippen LogP contribution >= 0.6 is 0 Å². The Morgan fingerprint density at radius 2 is 1.65 bits per heavy atom. The first kappa shape index (κ1) is 18.5. The molecule has 5 nitrogen and oxygen atoms in total. The molecule has 23 heavy (non-hydrogen) atoms. The van der Waals surface area contributed by atoms with E-state index in [0.29, 0.717) is 18.0 Å². The lowest BCUT2D eigenvalue weighted by atomic mass is 9.82. The van der Waals surface area contributed by atoms with Crippen LogP contribution in [-0.4, -0.2) is 36.4 Å². The van der Waals surface area contributed by atoms with E-state index in [4.69, 9.17) is 10.5 Å². The lowest BCUT2D eigenvalue weighted by molar-refractivity contribution is 0.0488. The molecule has 0 aromatic carbocycles. The highest BCUT2D eigenvalue weighted by Crippen LogP contribution is 2.26. The third-order valence-corrected chi connectivity index (χ3v) is 5.11. The third kappa shape index (κ3) is 6.30. The number of carbonyl (C=O) groups excluding carboxylic acids is 1. The van der Waals surface area contributed by atoms with Gasteiger partial charge in [0.15, 0.2) is 0 Å². The van der Waals surface area contributed by atoms with Crippen molar-refractivity contribution < 1.29 is 9.53 Å². The van der Waals surface area contributed by atoms with Crippen LogP contribution in [0.1, 0.15) is 72.1 Å². The van der Waals surface area contributed by atoms with Gasteiger partial charge in [-0.25, -0.2) is 4.79 Å². The number of hydrogen-bond donors (Lipinski definition) is 3. The number of hydrogen-bond acceptors (Lipinski definition) is 4. The highest BCUT2D eigenvalue weighted by molar-refractivity contribution is 5.68. The largest absolute Gasteiger partial charge is 0.444 e. The van der Waals surface area contributed by atoms with Crippen molar-refractivity contribution in [1.82, 2.24) is 10.6 Å². The molecule has 0 spiro atoms. The Morgan fingerprint density at radius 3 is 2.26 bits per heavy atom. The van der Waals surface area contributed by atoms with Gasteiger partial charge >= 0.3 is 6.09 Å². The first-order valence-corrected chi connectivity index (χ1v) is 9.33. The number of rotatable bonds is 4. The molecule has 2 atom stereocenters. The molecule has 0 radical (unpaired) electrons. The fraction of sp³-hybridized carbons (Fsp3) is 0.944. The van der Waals surface area contributed by atoms with E-state index in [0.717, 1.165) is 32.2 Å². The van der Waals surface area contributed by atoms with Gasteiger partial charge in [0.25, 0.3) is 0 Å². The van der Waals surface area contributed by atoms with Crippen molar-refractivity contribution in [1.29, 1.82) is 0 Å². The lowest BCUT2D eigenvalue weighted by Gasteiger charge is -2.37. The van der Waals surface area contributed by atoms with Gasteiger partial charge in [-0.2, -0.15) is 0 Å². The average molecular weight is 325 g/mol. The van der Waals surface area contributed by atoms with E-state index < -0.39 is 5.60 Å². The summed E-state index contributed by atoms with van der Waals surface area (Å²) in [5, 5.41) is 6.86. The van der Waals surface area contributed by atoms with E-state index in [2.05, 4.69) is 10.6 Å². The summed E-state index contributed by atoms with van der Waals surface area (Å²) in [7, 11) is 0. The zero-order valence-electron chi connectivity index (χ0n) is 15.1. The molecular formula is C18H35N3O2. The van der Waals surface area contributed by atoms with Crippen LogP contribution in [0.5, 0.6) is 0 Å². The van der Waals surface area contributed by atoms with Crippen molar-refractivity contribution in [3.63, 3.8) is 0 Å². The number of amides is 1. The highest BCUT2D eigenvalue weighted by Gasteiger charge is 2.29. The molecule has 2 unspecified atom stereocenters. The van der Waals surface area contributed by atoms with Crippen molar-refractivity contribution in [2.75, 3.05) is 6.54 Å². The number of nitrogens with two attached hydrogens (primary N) is 1. The fourth-order valence-corrected chi connectivity index (χ4v) is 3.89. The van der Waals surface area contributed by atoms with Gasteiger partial charge in [-0.3, -0.25) is 0 Å². The Kier molecular flexibility index (Phi) is 6.72. The van der Waals surface area contributed by atoms with E-state index in [1.165, 1.54) is 25.7 Å². The van der Waals surface area contributed by atoms with Gasteiger partial charge < -0.3 is 21.1 Å². The van der Waals surface area contributed by atoms with Crippen molar-refractivity contribution in [2.24, 2.45) is 11.7 Å². The summed E-state index contributed by atoms with van der Waals surface area (Å²) in [6.07, 6.45) is 9.18. The van der Waals surface area contributed by atoms with E-state index in [9.17, 15) is 4.79 Å². The van der Waals surface area contributed by atoms with E-state index in [1.54, 1.807) is 0 Å². The Balaban J connectivity index is 1.70. The molecule has 0 bridgehead atoms. The molecule has 5 heteroatoms. The topological polar surface area (TPSA) is 76.4 Å². The SMILES string of the molecule is CC(C)(C)OC(=O)NC1CCC(NC2CCCCC2CN)CC1. The van der Waals surface area contributed by atoms with E-state index >= 15 is 0 Å². The number of carbonyl (C=O) groups is 1. The third-order valence-electron chi connectivity index (χ3n) is 5.11. The molecule has 2 saturated carbocycles.